The van der Waals surface area contributed by atoms with Gasteiger partial charge in [0.2, 0.25) is 0 Å². The highest BCUT2D eigenvalue weighted by Crippen LogP contribution is 2.34. The largest absolute Gasteiger partial charge is 0.381 e. The standard InChI is InChI=1S/C28H28N10/c1-19-4-3-7-31-25(19)18-36-8-10-37(11-9-36)26-6-5-20(14-32-26)23-12-21(22-15-33-35(2)16-22)17-38-27(23)24(13-29)28(30)34-38/h3-7,12,14-17H,8-11,18H2,1-2H3,(H2,30,34). The van der Waals surface area contributed by atoms with E-state index >= 15 is 0 Å². The Kier molecular flexibility index (Phi) is 5.98. The van der Waals surface area contributed by atoms with Crippen molar-refractivity contribution in [2.75, 3.05) is 36.8 Å². The minimum Gasteiger partial charge on any atom is -0.381 e. The second kappa shape index (κ2) is 9.61. The molecule has 6 rings (SSSR count). The van der Waals surface area contributed by atoms with Crippen molar-refractivity contribution in [1.82, 2.24) is 34.3 Å². The molecule has 0 atom stereocenters. The second-order valence-corrected chi connectivity index (χ2v) is 9.65. The molecule has 0 unspecified atom stereocenters. The Morgan fingerprint density at radius 3 is 2.53 bits per heavy atom. The van der Waals surface area contributed by atoms with Gasteiger partial charge in [-0.1, -0.05) is 6.07 Å². The van der Waals surface area contributed by atoms with Crippen molar-refractivity contribution in [2.45, 2.75) is 13.5 Å². The lowest BCUT2D eigenvalue weighted by Gasteiger charge is -2.35. The molecule has 5 aromatic rings. The van der Waals surface area contributed by atoms with Crippen LogP contribution in [0.2, 0.25) is 0 Å². The van der Waals surface area contributed by atoms with E-state index in [9.17, 15) is 5.26 Å². The molecule has 0 radical (unpaired) electrons. The number of pyridine rings is 3. The fourth-order valence-electron chi connectivity index (χ4n) is 5.02. The van der Waals surface area contributed by atoms with Crippen LogP contribution in [-0.4, -0.2) is 60.4 Å². The number of hydrogen-bond donors (Lipinski definition) is 1. The molecule has 190 valence electrons. The number of rotatable bonds is 5. The molecule has 2 N–H and O–H groups in total. The Morgan fingerprint density at radius 2 is 1.84 bits per heavy atom. The summed E-state index contributed by atoms with van der Waals surface area (Å²) < 4.78 is 3.44. The molecule has 0 aromatic carbocycles. The first-order valence-corrected chi connectivity index (χ1v) is 12.6. The van der Waals surface area contributed by atoms with Gasteiger partial charge in [0.1, 0.15) is 17.5 Å². The van der Waals surface area contributed by atoms with Gasteiger partial charge in [-0.3, -0.25) is 14.6 Å². The van der Waals surface area contributed by atoms with Crippen LogP contribution in [0.4, 0.5) is 11.6 Å². The van der Waals surface area contributed by atoms with E-state index in [0.717, 1.165) is 66.5 Å². The molecule has 6 heterocycles. The molecule has 1 aliphatic heterocycles. The predicted octanol–water partition coefficient (Wildman–Crippen LogP) is 3.28. The third-order valence-electron chi connectivity index (χ3n) is 7.15. The van der Waals surface area contributed by atoms with Crippen LogP contribution in [0.25, 0.3) is 27.8 Å². The topological polar surface area (TPSA) is 117 Å². The minimum atomic E-state index is 0.209. The summed E-state index contributed by atoms with van der Waals surface area (Å²) in [5, 5.41) is 18.5. The SMILES string of the molecule is Cc1cccnc1CN1CCN(c2ccc(-c3cc(-c4cnn(C)c4)cn4nc(N)c(C#N)c34)cn2)CC1. The number of aromatic nitrogens is 6. The van der Waals surface area contributed by atoms with Crippen LogP contribution < -0.4 is 10.6 Å². The Morgan fingerprint density at radius 1 is 1.00 bits per heavy atom. The second-order valence-electron chi connectivity index (χ2n) is 9.65. The van der Waals surface area contributed by atoms with Gasteiger partial charge in [-0.2, -0.15) is 10.4 Å². The van der Waals surface area contributed by atoms with Crippen LogP contribution in [-0.2, 0) is 13.6 Å². The first-order chi connectivity index (χ1) is 18.5. The van der Waals surface area contributed by atoms with E-state index in [1.54, 1.807) is 15.4 Å². The number of nitrogen functional groups attached to an aromatic ring is 1. The normalized spacial score (nSPS) is 14.2. The van der Waals surface area contributed by atoms with E-state index < -0.39 is 0 Å². The molecular formula is C28H28N10. The summed E-state index contributed by atoms with van der Waals surface area (Å²) in [5.41, 5.74) is 13.1. The molecule has 10 heteroatoms. The lowest BCUT2D eigenvalue weighted by Crippen LogP contribution is -2.46. The Bertz CT molecular complexity index is 1650. The molecule has 0 bridgehead atoms. The van der Waals surface area contributed by atoms with Crippen molar-refractivity contribution in [1.29, 1.82) is 5.26 Å². The molecule has 0 aliphatic carbocycles. The van der Waals surface area contributed by atoms with Crippen molar-refractivity contribution in [2.24, 2.45) is 7.05 Å². The van der Waals surface area contributed by atoms with Gasteiger partial charge in [0.15, 0.2) is 5.82 Å². The summed E-state index contributed by atoms with van der Waals surface area (Å²) >= 11 is 0. The molecule has 0 spiro atoms. The summed E-state index contributed by atoms with van der Waals surface area (Å²) in [4.78, 5) is 14.1. The first kappa shape index (κ1) is 23.6. The number of anilines is 2. The number of piperazine rings is 1. The Hall–Kier alpha value is -4.75. The van der Waals surface area contributed by atoms with Crippen molar-refractivity contribution in [3.63, 3.8) is 0 Å². The highest BCUT2D eigenvalue weighted by atomic mass is 15.3. The minimum absolute atomic E-state index is 0.209. The first-order valence-electron chi connectivity index (χ1n) is 12.6. The van der Waals surface area contributed by atoms with Crippen LogP contribution in [0.1, 0.15) is 16.8 Å². The van der Waals surface area contributed by atoms with Gasteiger partial charge in [-0.25, -0.2) is 9.50 Å². The predicted molar refractivity (Wildman–Crippen MR) is 146 cm³/mol. The van der Waals surface area contributed by atoms with Crippen LogP contribution >= 0.6 is 0 Å². The summed E-state index contributed by atoms with van der Waals surface area (Å²) in [6, 6.07) is 12.5. The Labute approximate surface area is 220 Å². The molecule has 0 saturated carbocycles. The van der Waals surface area contributed by atoms with Gasteiger partial charge in [0.25, 0.3) is 0 Å². The zero-order chi connectivity index (χ0) is 26.2. The van der Waals surface area contributed by atoms with Gasteiger partial charge < -0.3 is 10.6 Å². The monoisotopic (exact) mass is 504 g/mol. The van der Waals surface area contributed by atoms with Crippen molar-refractivity contribution in [3.8, 4) is 28.3 Å². The lowest BCUT2D eigenvalue weighted by atomic mass is 10.0. The van der Waals surface area contributed by atoms with Gasteiger partial charge in [0, 0.05) is 86.8 Å². The number of fused-ring (bicyclic) bond motifs is 1. The van der Waals surface area contributed by atoms with Gasteiger partial charge in [-0.05, 0) is 36.8 Å². The third-order valence-corrected chi connectivity index (χ3v) is 7.15. The van der Waals surface area contributed by atoms with Crippen molar-refractivity contribution in [3.05, 3.63) is 78.1 Å². The molecule has 1 saturated heterocycles. The molecule has 5 aromatic heterocycles. The smallest absolute Gasteiger partial charge is 0.164 e. The maximum atomic E-state index is 9.78. The van der Waals surface area contributed by atoms with E-state index in [1.165, 1.54) is 5.56 Å². The highest BCUT2D eigenvalue weighted by Gasteiger charge is 2.21. The Balaban J connectivity index is 1.26. The highest BCUT2D eigenvalue weighted by molar-refractivity contribution is 5.90. The zero-order valence-electron chi connectivity index (χ0n) is 21.4. The summed E-state index contributed by atoms with van der Waals surface area (Å²) in [5.74, 6) is 1.15. The molecular weight excluding hydrogens is 476 g/mol. The number of nitriles is 1. The van der Waals surface area contributed by atoms with Crippen LogP contribution in [0.5, 0.6) is 0 Å². The third kappa shape index (κ3) is 4.33. The van der Waals surface area contributed by atoms with Crippen LogP contribution in [0, 0.1) is 18.3 Å². The summed E-state index contributed by atoms with van der Waals surface area (Å²) in [6.45, 7) is 6.68. The van der Waals surface area contributed by atoms with E-state index in [0.29, 0.717) is 11.1 Å². The molecule has 1 aliphatic rings. The summed E-state index contributed by atoms with van der Waals surface area (Å²) in [6.07, 6.45) is 9.35. The summed E-state index contributed by atoms with van der Waals surface area (Å²) in [7, 11) is 1.88. The van der Waals surface area contributed by atoms with Crippen LogP contribution in [0.3, 0.4) is 0 Å². The molecule has 1 fully saturated rings. The van der Waals surface area contributed by atoms with Crippen LogP contribution in [0.15, 0.2) is 61.3 Å². The fraction of sp³-hybridized carbons (Fsp3) is 0.250. The zero-order valence-corrected chi connectivity index (χ0v) is 21.4. The number of aryl methyl sites for hydroxylation is 2. The van der Waals surface area contributed by atoms with E-state index in [-0.39, 0.29) is 5.82 Å². The molecule has 38 heavy (non-hydrogen) atoms. The van der Waals surface area contributed by atoms with Crippen molar-refractivity contribution >= 4 is 17.2 Å². The van der Waals surface area contributed by atoms with E-state index in [1.807, 2.05) is 50.0 Å². The number of nitrogens with zero attached hydrogens (tertiary/aromatic N) is 9. The maximum Gasteiger partial charge on any atom is 0.164 e. The molecule has 10 nitrogen and oxygen atoms in total. The van der Waals surface area contributed by atoms with E-state index in [4.69, 9.17) is 10.7 Å². The van der Waals surface area contributed by atoms with Crippen molar-refractivity contribution < 1.29 is 0 Å². The fourth-order valence-corrected chi connectivity index (χ4v) is 5.02. The van der Waals surface area contributed by atoms with Gasteiger partial charge in [-0.15, -0.1) is 5.10 Å². The lowest BCUT2D eigenvalue weighted by molar-refractivity contribution is 0.246. The average Bonchev–Trinajstić information content (AvgIpc) is 3.52. The quantitative estimate of drug-likeness (QED) is 0.388. The van der Waals surface area contributed by atoms with Gasteiger partial charge >= 0.3 is 0 Å². The maximum absolute atomic E-state index is 9.78. The number of nitrogens with two attached hydrogens (primary N) is 1. The number of hydrogen-bond acceptors (Lipinski definition) is 8. The average molecular weight is 505 g/mol. The van der Waals surface area contributed by atoms with E-state index in [2.05, 4.69) is 50.1 Å². The molecule has 0 amide bonds. The van der Waals surface area contributed by atoms with Gasteiger partial charge in [0.05, 0.1) is 17.4 Å².